The van der Waals surface area contributed by atoms with Crippen molar-refractivity contribution in [3.05, 3.63) is 29.3 Å². The van der Waals surface area contributed by atoms with Gasteiger partial charge < -0.3 is 4.74 Å². The SMILES string of the molecule is CCCCOC(=O)CC1NS(=O)(=O)c2c(C)cccc21. The Hall–Kier alpha value is -1.40. The van der Waals surface area contributed by atoms with Crippen molar-refractivity contribution in [3.8, 4) is 0 Å². The van der Waals surface area contributed by atoms with Crippen LogP contribution in [-0.4, -0.2) is 21.0 Å². The lowest BCUT2D eigenvalue weighted by atomic mass is 10.0. The van der Waals surface area contributed by atoms with Crippen LogP contribution in [-0.2, 0) is 19.6 Å². The van der Waals surface area contributed by atoms with Crippen molar-refractivity contribution in [1.29, 1.82) is 0 Å². The highest BCUT2D eigenvalue weighted by atomic mass is 32.2. The van der Waals surface area contributed by atoms with Gasteiger partial charge in [0.25, 0.3) is 0 Å². The number of rotatable bonds is 5. The fourth-order valence-corrected chi connectivity index (χ4v) is 4.05. The highest BCUT2D eigenvalue weighted by Crippen LogP contribution is 2.34. The third kappa shape index (κ3) is 3.02. The topological polar surface area (TPSA) is 72.5 Å². The van der Waals surface area contributed by atoms with Crippen molar-refractivity contribution in [2.24, 2.45) is 0 Å². The molecule has 1 unspecified atom stereocenters. The molecule has 20 heavy (non-hydrogen) atoms. The number of benzene rings is 1. The Morgan fingerprint density at radius 2 is 2.15 bits per heavy atom. The Labute approximate surface area is 119 Å². The average Bonchev–Trinajstić information content (AvgIpc) is 2.62. The number of fused-ring (bicyclic) bond motifs is 1. The van der Waals surface area contributed by atoms with E-state index in [0.29, 0.717) is 22.6 Å². The molecule has 1 aliphatic rings. The summed E-state index contributed by atoms with van der Waals surface area (Å²) < 4.78 is 31.7. The molecule has 5 nitrogen and oxygen atoms in total. The van der Waals surface area contributed by atoms with Crippen LogP contribution in [0.4, 0.5) is 0 Å². The molecule has 0 aromatic heterocycles. The summed E-state index contributed by atoms with van der Waals surface area (Å²) in [7, 11) is -3.51. The molecular weight excluding hydrogens is 278 g/mol. The predicted molar refractivity (Wildman–Crippen MR) is 74.7 cm³/mol. The maximum atomic E-state index is 12.1. The number of ether oxygens (including phenoxy) is 1. The van der Waals surface area contributed by atoms with Crippen LogP contribution >= 0.6 is 0 Å². The first kappa shape index (κ1) is 15.0. The first-order valence-electron chi connectivity index (χ1n) is 6.73. The molecule has 0 aliphatic carbocycles. The van der Waals surface area contributed by atoms with Gasteiger partial charge in [0, 0.05) is 0 Å². The maximum Gasteiger partial charge on any atom is 0.307 e. The minimum atomic E-state index is -3.51. The number of carbonyl (C=O) groups excluding carboxylic acids is 1. The van der Waals surface area contributed by atoms with Crippen LogP contribution in [0, 0.1) is 6.92 Å². The summed E-state index contributed by atoms with van der Waals surface area (Å²) in [6, 6.07) is 4.76. The van der Waals surface area contributed by atoms with Crippen molar-refractivity contribution in [1.82, 2.24) is 4.72 Å². The standard InChI is InChI=1S/C14H19NO4S/c1-3-4-8-19-13(16)9-12-11-7-5-6-10(2)14(11)20(17,18)15-12/h5-7,12,15H,3-4,8-9H2,1-2H3. The van der Waals surface area contributed by atoms with Gasteiger partial charge in [-0.3, -0.25) is 4.79 Å². The zero-order valence-corrected chi connectivity index (χ0v) is 12.5. The van der Waals surface area contributed by atoms with E-state index in [0.717, 1.165) is 12.8 Å². The molecule has 0 fully saturated rings. The third-order valence-corrected chi connectivity index (χ3v) is 5.01. The molecular formula is C14H19NO4S. The number of hydrogen-bond donors (Lipinski definition) is 1. The molecule has 0 saturated carbocycles. The second-order valence-electron chi connectivity index (χ2n) is 4.95. The van der Waals surface area contributed by atoms with Crippen LogP contribution in [0.2, 0.25) is 0 Å². The average molecular weight is 297 g/mol. The normalized spacial score (nSPS) is 19.6. The lowest BCUT2D eigenvalue weighted by Gasteiger charge is -2.10. The van der Waals surface area contributed by atoms with Crippen molar-refractivity contribution >= 4 is 16.0 Å². The first-order chi connectivity index (χ1) is 9.45. The number of carbonyl (C=O) groups is 1. The Morgan fingerprint density at radius 1 is 1.40 bits per heavy atom. The minimum absolute atomic E-state index is 0.0272. The molecule has 0 amide bonds. The molecule has 0 radical (unpaired) electrons. The van der Waals surface area contributed by atoms with Crippen molar-refractivity contribution in [2.75, 3.05) is 6.61 Å². The Morgan fingerprint density at radius 3 is 2.85 bits per heavy atom. The smallest absolute Gasteiger partial charge is 0.307 e. The summed E-state index contributed by atoms with van der Waals surface area (Å²) >= 11 is 0. The molecule has 1 aliphatic heterocycles. The van der Waals surface area contributed by atoms with E-state index in [1.165, 1.54) is 0 Å². The Balaban J connectivity index is 2.14. The third-order valence-electron chi connectivity index (χ3n) is 3.32. The fraction of sp³-hybridized carbons (Fsp3) is 0.500. The van der Waals surface area contributed by atoms with E-state index in [1.807, 2.05) is 6.92 Å². The summed E-state index contributed by atoms with van der Waals surface area (Å²) in [5, 5.41) is 0. The molecule has 2 rings (SSSR count). The fourth-order valence-electron chi connectivity index (χ4n) is 2.33. The van der Waals surface area contributed by atoms with E-state index >= 15 is 0 Å². The monoisotopic (exact) mass is 297 g/mol. The van der Waals surface area contributed by atoms with Crippen molar-refractivity contribution < 1.29 is 17.9 Å². The first-order valence-corrected chi connectivity index (χ1v) is 8.21. The zero-order chi connectivity index (χ0) is 14.8. The van der Waals surface area contributed by atoms with Crippen LogP contribution in [0.5, 0.6) is 0 Å². The quantitative estimate of drug-likeness (QED) is 0.667. The summed E-state index contributed by atoms with van der Waals surface area (Å²) in [6.45, 7) is 4.15. The van der Waals surface area contributed by atoms with Gasteiger partial charge in [-0.05, 0) is 24.5 Å². The summed E-state index contributed by atoms with van der Waals surface area (Å²) in [5.74, 6) is -0.375. The second kappa shape index (κ2) is 5.93. The molecule has 0 bridgehead atoms. The van der Waals surface area contributed by atoms with Crippen molar-refractivity contribution in [3.63, 3.8) is 0 Å². The van der Waals surface area contributed by atoms with Gasteiger partial charge in [0.05, 0.1) is 24.0 Å². The molecule has 1 N–H and O–H groups in total. The Kier molecular flexibility index (Phi) is 4.45. The molecule has 0 spiro atoms. The molecule has 110 valence electrons. The summed E-state index contributed by atoms with van der Waals surface area (Å²) in [5.41, 5.74) is 1.34. The molecule has 6 heteroatoms. The number of unbranched alkanes of at least 4 members (excludes halogenated alkanes) is 1. The summed E-state index contributed by atoms with van der Waals surface area (Å²) in [4.78, 5) is 12.0. The van der Waals surface area contributed by atoms with E-state index in [-0.39, 0.29) is 12.4 Å². The lowest BCUT2D eigenvalue weighted by molar-refractivity contribution is -0.144. The molecule has 1 atom stereocenters. The van der Waals surface area contributed by atoms with E-state index in [4.69, 9.17) is 4.74 Å². The number of esters is 1. The van der Waals surface area contributed by atoms with Gasteiger partial charge in [0.15, 0.2) is 0 Å². The van der Waals surface area contributed by atoms with E-state index in [2.05, 4.69) is 4.72 Å². The van der Waals surface area contributed by atoms with Gasteiger partial charge in [-0.25, -0.2) is 13.1 Å². The van der Waals surface area contributed by atoms with Gasteiger partial charge in [-0.15, -0.1) is 0 Å². The van der Waals surface area contributed by atoms with E-state index < -0.39 is 16.1 Å². The van der Waals surface area contributed by atoms with Gasteiger partial charge in [0.1, 0.15) is 0 Å². The Bertz CT molecular complexity index is 610. The van der Waals surface area contributed by atoms with Crippen LogP contribution in [0.3, 0.4) is 0 Å². The van der Waals surface area contributed by atoms with Crippen LogP contribution in [0.1, 0.15) is 43.4 Å². The summed E-state index contributed by atoms with van der Waals surface area (Å²) in [6.07, 6.45) is 1.79. The zero-order valence-electron chi connectivity index (χ0n) is 11.7. The highest BCUT2D eigenvalue weighted by Gasteiger charge is 2.36. The van der Waals surface area contributed by atoms with Crippen LogP contribution < -0.4 is 4.72 Å². The molecule has 0 saturated heterocycles. The maximum absolute atomic E-state index is 12.1. The highest BCUT2D eigenvalue weighted by molar-refractivity contribution is 7.89. The van der Waals surface area contributed by atoms with Gasteiger partial charge >= 0.3 is 5.97 Å². The second-order valence-corrected chi connectivity index (χ2v) is 6.60. The number of hydrogen-bond acceptors (Lipinski definition) is 4. The van der Waals surface area contributed by atoms with Crippen molar-refractivity contribution in [2.45, 2.75) is 44.0 Å². The van der Waals surface area contributed by atoms with Crippen LogP contribution in [0.25, 0.3) is 0 Å². The van der Waals surface area contributed by atoms with E-state index in [9.17, 15) is 13.2 Å². The molecule has 1 aromatic carbocycles. The van der Waals surface area contributed by atoms with Crippen LogP contribution in [0.15, 0.2) is 23.1 Å². The lowest BCUT2D eigenvalue weighted by Crippen LogP contribution is -2.23. The van der Waals surface area contributed by atoms with Gasteiger partial charge in [-0.1, -0.05) is 31.5 Å². The molecule has 1 aromatic rings. The van der Waals surface area contributed by atoms with E-state index in [1.54, 1.807) is 25.1 Å². The predicted octanol–water partition coefficient (Wildman–Crippen LogP) is 2.06. The van der Waals surface area contributed by atoms with Gasteiger partial charge in [-0.2, -0.15) is 0 Å². The molecule has 1 heterocycles. The van der Waals surface area contributed by atoms with Gasteiger partial charge in [0.2, 0.25) is 10.0 Å². The number of aryl methyl sites for hydroxylation is 1. The minimum Gasteiger partial charge on any atom is -0.466 e. The number of sulfonamides is 1. The number of nitrogens with one attached hydrogen (secondary N) is 1. The largest absolute Gasteiger partial charge is 0.466 e.